The maximum absolute atomic E-state index is 13.8. The molecule has 2 aromatic carbocycles. The molecule has 1 heterocycles. The number of amides is 3. The Hall–Kier alpha value is -3.12. The minimum Gasteiger partial charge on any atom is -0.332 e. The van der Waals surface area contributed by atoms with Crippen LogP contribution in [0.4, 0.5) is 10.5 Å². The number of aryl methyl sites for hydroxylation is 3. The van der Waals surface area contributed by atoms with Crippen molar-refractivity contribution in [2.45, 2.75) is 72.0 Å². The van der Waals surface area contributed by atoms with E-state index in [-0.39, 0.29) is 24.5 Å². The quantitative estimate of drug-likeness (QED) is 0.357. The van der Waals surface area contributed by atoms with Crippen molar-refractivity contribution in [3.05, 3.63) is 87.1 Å². The zero-order valence-electron chi connectivity index (χ0n) is 21.6. The Bertz CT molecular complexity index is 1150. The molecule has 1 aliphatic rings. The van der Waals surface area contributed by atoms with Crippen LogP contribution in [0.15, 0.2) is 60.7 Å². The second-order valence-electron chi connectivity index (χ2n) is 9.86. The van der Waals surface area contributed by atoms with Gasteiger partial charge < -0.3 is 15.1 Å². The number of carbonyl (C=O) groups excluding carboxylic acids is 2. The smallest absolute Gasteiger partial charge is 0.322 e. The van der Waals surface area contributed by atoms with Gasteiger partial charge in [0, 0.05) is 28.0 Å². The number of carbonyl (C=O) groups is 2. The Kier molecular flexibility index (Phi) is 8.81. The van der Waals surface area contributed by atoms with Gasteiger partial charge >= 0.3 is 6.03 Å². The molecule has 0 bridgehead atoms. The van der Waals surface area contributed by atoms with Crippen LogP contribution in [0.25, 0.3) is 0 Å². The lowest BCUT2D eigenvalue weighted by Gasteiger charge is -2.35. The van der Waals surface area contributed by atoms with Crippen molar-refractivity contribution in [1.82, 2.24) is 9.80 Å². The van der Waals surface area contributed by atoms with E-state index in [1.165, 1.54) is 11.3 Å². The zero-order valence-corrected chi connectivity index (χ0v) is 22.4. The third-order valence-electron chi connectivity index (χ3n) is 7.01. The van der Waals surface area contributed by atoms with Crippen LogP contribution >= 0.6 is 11.3 Å². The highest BCUT2D eigenvalue weighted by Gasteiger charge is 2.30. The lowest BCUT2D eigenvalue weighted by Crippen LogP contribution is -2.49. The van der Waals surface area contributed by atoms with Gasteiger partial charge in [-0.2, -0.15) is 0 Å². The SMILES string of the molecule is Cc1ccc(CN(Cc2ccccc2)C(=O)CN(C(=O)Nc2c(C)cccc2C)C2CCCCC2)s1. The van der Waals surface area contributed by atoms with Crippen molar-refractivity contribution in [2.24, 2.45) is 0 Å². The van der Waals surface area contributed by atoms with Gasteiger partial charge in [0.1, 0.15) is 6.54 Å². The van der Waals surface area contributed by atoms with Gasteiger partial charge in [-0.15, -0.1) is 11.3 Å². The first kappa shape index (κ1) is 26.0. The molecule has 6 heteroatoms. The Morgan fingerprint density at radius 2 is 1.56 bits per heavy atom. The molecule has 1 saturated carbocycles. The largest absolute Gasteiger partial charge is 0.332 e. The Morgan fingerprint density at radius 3 is 2.19 bits per heavy atom. The highest BCUT2D eigenvalue weighted by Crippen LogP contribution is 2.26. The fourth-order valence-electron chi connectivity index (χ4n) is 4.99. The standard InChI is InChI=1S/C30H37N3O2S/c1-22-11-10-12-23(2)29(22)31-30(35)33(26-15-8-5-9-16-26)21-28(34)32(19-25-13-6-4-7-14-25)20-27-18-17-24(3)36-27/h4,6-7,10-14,17-18,26H,5,8-9,15-16,19-21H2,1-3H3,(H,31,35). The predicted octanol–water partition coefficient (Wildman–Crippen LogP) is 7.07. The van der Waals surface area contributed by atoms with E-state index in [2.05, 4.69) is 24.4 Å². The lowest BCUT2D eigenvalue weighted by molar-refractivity contribution is -0.133. The predicted molar refractivity (Wildman–Crippen MR) is 148 cm³/mol. The van der Waals surface area contributed by atoms with Crippen LogP contribution in [0, 0.1) is 20.8 Å². The average molecular weight is 504 g/mol. The van der Waals surface area contributed by atoms with Crippen molar-refractivity contribution >= 4 is 29.0 Å². The molecule has 0 atom stereocenters. The van der Waals surface area contributed by atoms with E-state index < -0.39 is 0 Å². The van der Waals surface area contributed by atoms with Gasteiger partial charge in [0.15, 0.2) is 0 Å². The van der Waals surface area contributed by atoms with Crippen LogP contribution in [0.1, 0.15) is 58.5 Å². The molecule has 1 aromatic heterocycles. The number of thiophene rings is 1. The molecule has 36 heavy (non-hydrogen) atoms. The molecule has 5 nitrogen and oxygen atoms in total. The van der Waals surface area contributed by atoms with Crippen LogP contribution in [-0.4, -0.2) is 34.3 Å². The minimum absolute atomic E-state index is 0.0212. The van der Waals surface area contributed by atoms with Crippen LogP contribution in [0.5, 0.6) is 0 Å². The summed E-state index contributed by atoms with van der Waals surface area (Å²) in [6.45, 7) is 7.24. The van der Waals surface area contributed by atoms with Crippen molar-refractivity contribution < 1.29 is 9.59 Å². The monoisotopic (exact) mass is 503 g/mol. The third kappa shape index (κ3) is 6.76. The molecule has 0 spiro atoms. The van der Waals surface area contributed by atoms with Crippen molar-refractivity contribution in [2.75, 3.05) is 11.9 Å². The number of rotatable bonds is 8. The van der Waals surface area contributed by atoms with Gasteiger partial charge in [-0.05, 0) is 62.4 Å². The van der Waals surface area contributed by atoms with E-state index >= 15 is 0 Å². The molecule has 0 unspecified atom stereocenters. The van der Waals surface area contributed by atoms with Crippen LogP contribution in [0.3, 0.4) is 0 Å². The molecular formula is C30H37N3O2S. The first-order valence-corrected chi connectivity index (χ1v) is 13.7. The lowest BCUT2D eigenvalue weighted by atomic mass is 9.94. The summed E-state index contributed by atoms with van der Waals surface area (Å²) in [5.74, 6) is -0.0212. The number of nitrogens with one attached hydrogen (secondary N) is 1. The minimum atomic E-state index is -0.181. The third-order valence-corrected chi connectivity index (χ3v) is 7.99. The summed E-state index contributed by atoms with van der Waals surface area (Å²) in [4.78, 5) is 33.5. The molecule has 1 N–H and O–H groups in total. The molecule has 4 rings (SSSR count). The molecule has 1 aliphatic carbocycles. The van der Waals surface area contributed by atoms with Gasteiger partial charge in [0.2, 0.25) is 5.91 Å². The van der Waals surface area contributed by atoms with Crippen molar-refractivity contribution in [3.63, 3.8) is 0 Å². The Labute approximate surface area is 219 Å². The molecular weight excluding hydrogens is 466 g/mol. The normalized spacial score (nSPS) is 13.9. The van der Waals surface area contributed by atoms with E-state index in [4.69, 9.17) is 0 Å². The summed E-state index contributed by atoms with van der Waals surface area (Å²) >= 11 is 1.72. The number of anilines is 1. The zero-order chi connectivity index (χ0) is 25.5. The fraction of sp³-hybridized carbons (Fsp3) is 0.400. The second kappa shape index (κ2) is 12.2. The Balaban J connectivity index is 1.56. The van der Waals surface area contributed by atoms with E-state index in [0.29, 0.717) is 13.1 Å². The number of nitrogens with zero attached hydrogens (tertiary/aromatic N) is 2. The van der Waals surface area contributed by atoms with Crippen LogP contribution in [-0.2, 0) is 17.9 Å². The van der Waals surface area contributed by atoms with Crippen molar-refractivity contribution in [3.8, 4) is 0 Å². The van der Waals surface area contributed by atoms with Gasteiger partial charge in [0.05, 0.1) is 6.54 Å². The highest BCUT2D eigenvalue weighted by molar-refractivity contribution is 7.11. The van der Waals surface area contributed by atoms with Crippen molar-refractivity contribution in [1.29, 1.82) is 0 Å². The van der Waals surface area contributed by atoms with Gasteiger partial charge in [-0.3, -0.25) is 4.79 Å². The van der Waals surface area contributed by atoms with E-state index in [1.54, 1.807) is 16.2 Å². The number of urea groups is 1. The molecule has 3 amide bonds. The molecule has 0 aliphatic heterocycles. The highest BCUT2D eigenvalue weighted by atomic mass is 32.1. The maximum Gasteiger partial charge on any atom is 0.322 e. The van der Waals surface area contributed by atoms with E-state index in [0.717, 1.165) is 52.9 Å². The number of para-hydroxylation sites is 1. The maximum atomic E-state index is 13.8. The summed E-state index contributed by atoms with van der Waals surface area (Å²) < 4.78 is 0. The van der Waals surface area contributed by atoms with E-state index in [9.17, 15) is 9.59 Å². The van der Waals surface area contributed by atoms with Gasteiger partial charge in [0.25, 0.3) is 0 Å². The molecule has 190 valence electrons. The first-order chi connectivity index (χ1) is 17.4. The summed E-state index contributed by atoms with van der Waals surface area (Å²) in [6, 6.07) is 20.2. The number of benzene rings is 2. The second-order valence-corrected chi connectivity index (χ2v) is 11.2. The summed E-state index contributed by atoms with van der Waals surface area (Å²) in [6.07, 6.45) is 5.25. The number of hydrogen-bond acceptors (Lipinski definition) is 3. The molecule has 3 aromatic rings. The molecule has 1 fully saturated rings. The molecule has 0 saturated heterocycles. The summed E-state index contributed by atoms with van der Waals surface area (Å²) in [5, 5.41) is 3.14. The van der Waals surface area contributed by atoms with Gasteiger partial charge in [-0.25, -0.2) is 4.79 Å². The van der Waals surface area contributed by atoms with Crippen LogP contribution < -0.4 is 5.32 Å². The van der Waals surface area contributed by atoms with Crippen LogP contribution in [0.2, 0.25) is 0 Å². The molecule has 0 radical (unpaired) electrons. The fourth-order valence-corrected chi connectivity index (χ4v) is 5.90. The topological polar surface area (TPSA) is 52.7 Å². The number of hydrogen-bond donors (Lipinski definition) is 1. The van der Waals surface area contributed by atoms with E-state index in [1.807, 2.05) is 67.3 Å². The summed E-state index contributed by atoms with van der Waals surface area (Å²) in [7, 11) is 0. The average Bonchev–Trinajstić information content (AvgIpc) is 3.29. The van der Waals surface area contributed by atoms with Gasteiger partial charge in [-0.1, -0.05) is 67.8 Å². The first-order valence-electron chi connectivity index (χ1n) is 12.9. The Morgan fingerprint density at radius 1 is 0.861 bits per heavy atom. The summed E-state index contributed by atoms with van der Waals surface area (Å²) in [5.41, 5.74) is 3.98.